The predicted octanol–water partition coefficient (Wildman–Crippen LogP) is 0.628. The summed E-state index contributed by atoms with van der Waals surface area (Å²) in [5, 5.41) is 12.2. The summed E-state index contributed by atoms with van der Waals surface area (Å²) in [6, 6.07) is 1.00. The van der Waals surface area contributed by atoms with E-state index in [1.165, 1.54) is 11.8 Å². The lowest BCUT2D eigenvalue weighted by atomic mass is 10.4. The normalized spacial score (nSPS) is 12.7. The topological polar surface area (TPSA) is 89.4 Å². The molecule has 1 rings (SSSR count). The highest BCUT2D eigenvalue weighted by atomic mass is 32.2. The number of carbonyl (C=O) groups is 1. The molecule has 1 aromatic heterocycles. The molecule has 0 bridgehead atoms. The summed E-state index contributed by atoms with van der Waals surface area (Å²) in [6.45, 7) is 1.83. The molecule has 6 heteroatoms. The zero-order valence-corrected chi connectivity index (χ0v) is 8.58. The fraction of sp³-hybridized carbons (Fsp3) is 0.500. The van der Waals surface area contributed by atoms with Gasteiger partial charge in [-0.15, -0.1) is 0 Å². The molecule has 0 saturated heterocycles. The average Bonchev–Trinajstić information content (AvgIpc) is 2.51. The first kappa shape index (κ1) is 11.1. The maximum absolute atomic E-state index is 10.4. The fourth-order valence-corrected chi connectivity index (χ4v) is 1.69. The van der Waals surface area contributed by atoms with Crippen LogP contribution in [0.1, 0.15) is 11.5 Å². The number of rotatable bonds is 5. The van der Waals surface area contributed by atoms with Crippen LogP contribution in [0.3, 0.4) is 0 Å². The number of aliphatic carboxylic acids is 1. The summed E-state index contributed by atoms with van der Waals surface area (Å²) in [5.41, 5.74) is 6.14. The Morgan fingerprint density at radius 2 is 2.57 bits per heavy atom. The molecule has 0 aromatic carbocycles. The number of nitrogens with two attached hydrogens (primary N) is 1. The van der Waals surface area contributed by atoms with Crippen molar-refractivity contribution in [2.45, 2.75) is 18.7 Å². The molecule has 0 aliphatic rings. The lowest BCUT2D eigenvalue weighted by Crippen LogP contribution is -2.32. The lowest BCUT2D eigenvalue weighted by Gasteiger charge is -2.03. The zero-order chi connectivity index (χ0) is 10.6. The van der Waals surface area contributed by atoms with Crippen LogP contribution in [0.4, 0.5) is 0 Å². The van der Waals surface area contributed by atoms with Crippen LogP contribution in [-0.4, -0.2) is 28.0 Å². The molecule has 0 radical (unpaired) electrons. The van der Waals surface area contributed by atoms with E-state index in [2.05, 4.69) is 5.16 Å². The van der Waals surface area contributed by atoms with Crippen molar-refractivity contribution < 1.29 is 14.4 Å². The van der Waals surface area contributed by atoms with Crippen LogP contribution in [0.25, 0.3) is 0 Å². The first-order valence-electron chi connectivity index (χ1n) is 4.08. The molecule has 3 N–H and O–H groups in total. The molecule has 14 heavy (non-hydrogen) atoms. The number of hydrogen-bond acceptors (Lipinski definition) is 5. The molecule has 1 heterocycles. The highest BCUT2D eigenvalue weighted by Gasteiger charge is 2.11. The van der Waals surface area contributed by atoms with Gasteiger partial charge in [-0.25, -0.2) is 0 Å². The van der Waals surface area contributed by atoms with Crippen molar-refractivity contribution >= 4 is 17.7 Å². The number of carboxylic acid groups (broad SMARTS) is 1. The van der Waals surface area contributed by atoms with Crippen molar-refractivity contribution in [1.29, 1.82) is 0 Å². The molecule has 5 nitrogen and oxygen atoms in total. The minimum atomic E-state index is -0.980. The van der Waals surface area contributed by atoms with Gasteiger partial charge in [-0.1, -0.05) is 5.16 Å². The van der Waals surface area contributed by atoms with Crippen molar-refractivity contribution in [3.05, 3.63) is 17.5 Å². The van der Waals surface area contributed by atoms with E-state index in [9.17, 15) is 4.79 Å². The van der Waals surface area contributed by atoms with E-state index in [4.69, 9.17) is 15.4 Å². The molecular formula is C8H12N2O3S. The summed E-state index contributed by atoms with van der Waals surface area (Å²) >= 11 is 1.42. The average molecular weight is 216 g/mol. The molecule has 0 aliphatic heterocycles. The number of nitrogens with zero attached hydrogens (tertiary/aromatic N) is 1. The number of carboxylic acids is 1. The number of aryl methyl sites for hydroxylation is 1. The molecule has 1 atom stereocenters. The fourth-order valence-electron chi connectivity index (χ4n) is 0.842. The Morgan fingerprint density at radius 1 is 1.86 bits per heavy atom. The standard InChI is InChI=1S/C8H12N2O3S/c1-5-2-6(13-10-5)3-14-4-7(9)8(11)12/h2,7H,3-4,9H2,1H3,(H,11,12)/t7-/m1/s1. The Bertz CT molecular complexity index is 313. The highest BCUT2D eigenvalue weighted by Crippen LogP contribution is 2.13. The minimum absolute atomic E-state index is 0.370. The maximum Gasteiger partial charge on any atom is 0.321 e. The van der Waals surface area contributed by atoms with Gasteiger partial charge in [0.05, 0.1) is 11.4 Å². The molecule has 0 amide bonds. The summed E-state index contributed by atoms with van der Waals surface area (Å²) in [7, 11) is 0. The second-order valence-electron chi connectivity index (χ2n) is 2.89. The van der Waals surface area contributed by atoms with Crippen LogP contribution in [0, 0.1) is 6.92 Å². The van der Waals surface area contributed by atoms with Gasteiger partial charge in [0.1, 0.15) is 11.8 Å². The minimum Gasteiger partial charge on any atom is -0.480 e. The first-order chi connectivity index (χ1) is 6.59. The Kier molecular flexibility index (Phi) is 3.97. The van der Waals surface area contributed by atoms with E-state index in [-0.39, 0.29) is 0 Å². The molecule has 0 aliphatic carbocycles. The number of hydrogen-bond donors (Lipinski definition) is 2. The van der Waals surface area contributed by atoms with Crippen LogP contribution >= 0.6 is 11.8 Å². The molecule has 78 valence electrons. The van der Waals surface area contributed by atoms with E-state index < -0.39 is 12.0 Å². The van der Waals surface area contributed by atoms with E-state index in [0.29, 0.717) is 11.5 Å². The highest BCUT2D eigenvalue weighted by molar-refractivity contribution is 7.98. The quantitative estimate of drug-likeness (QED) is 0.750. The van der Waals surface area contributed by atoms with E-state index >= 15 is 0 Å². The maximum atomic E-state index is 10.4. The van der Waals surface area contributed by atoms with Gasteiger partial charge in [0, 0.05) is 11.8 Å². The van der Waals surface area contributed by atoms with Crippen molar-refractivity contribution in [2.24, 2.45) is 5.73 Å². The van der Waals surface area contributed by atoms with Crippen LogP contribution in [0.15, 0.2) is 10.6 Å². The second-order valence-corrected chi connectivity index (χ2v) is 3.92. The largest absolute Gasteiger partial charge is 0.480 e. The van der Waals surface area contributed by atoms with Crippen molar-refractivity contribution in [1.82, 2.24) is 5.16 Å². The van der Waals surface area contributed by atoms with Crippen LogP contribution in [0.5, 0.6) is 0 Å². The Balaban J connectivity index is 2.25. The SMILES string of the molecule is Cc1cc(CSC[C@@H](N)C(=O)O)on1. The molecule has 0 spiro atoms. The van der Waals surface area contributed by atoms with Gasteiger partial charge in [-0.3, -0.25) is 4.79 Å². The summed E-state index contributed by atoms with van der Waals surface area (Å²) < 4.78 is 4.95. The van der Waals surface area contributed by atoms with Crippen LogP contribution in [0.2, 0.25) is 0 Å². The third kappa shape index (κ3) is 3.39. The van der Waals surface area contributed by atoms with Gasteiger partial charge < -0.3 is 15.4 Å². The molecule has 0 unspecified atom stereocenters. The Labute approximate surface area is 85.6 Å². The number of thioether (sulfide) groups is 1. The predicted molar refractivity (Wildman–Crippen MR) is 53.0 cm³/mol. The van der Waals surface area contributed by atoms with Gasteiger partial charge in [-0.2, -0.15) is 11.8 Å². The molecule has 1 aromatic rings. The van der Waals surface area contributed by atoms with E-state index in [0.717, 1.165) is 11.5 Å². The second kappa shape index (κ2) is 5.02. The van der Waals surface area contributed by atoms with Gasteiger partial charge in [0.2, 0.25) is 0 Å². The van der Waals surface area contributed by atoms with E-state index in [1.54, 1.807) is 0 Å². The van der Waals surface area contributed by atoms with Crippen molar-refractivity contribution in [3.8, 4) is 0 Å². The van der Waals surface area contributed by atoms with Crippen LogP contribution in [-0.2, 0) is 10.5 Å². The lowest BCUT2D eigenvalue weighted by molar-refractivity contribution is -0.137. The number of aromatic nitrogens is 1. The van der Waals surface area contributed by atoms with Crippen molar-refractivity contribution in [3.63, 3.8) is 0 Å². The first-order valence-corrected chi connectivity index (χ1v) is 5.23. The van der Waals surface area contributed by atoms with Gasteiger partial charge in [0.25, 0.3) is 0 Å². The third-order valence-corrected chi connectivity index (χ3v) is 2.62. The monoisotopic (exact) mass is 216 g/mol. The van der Waals surface area contributed by atoms with Crippen LogP contribution < -0.4 is 5.73 Å². The molecular weight excluding hydrogens is 204 g/mol. The van der Waals surface area contributed by atoms with Gasteiger partial charge >= 0.3 is 5.97 Å². The third-order valence-electron chi connectivity index (χ3n) is 1.54. The Morgan fingerprint density at radius 3 is 3.07 bits per heavy atom. The summed E-state index contributed by atoms with van der Waals surface area (Å²) in [5.74, 6) is 0.730. The molecule has 0 fully saturated rings. The smallest absolute Gasteiger partial charge is 0.321 e. The van der Waals surface area contributed by atoms with Crippen molar-refractivity contribution in [2.75, 3.05) is 5.75 Å². The summed E-state index contributed by atoms with van der Waals surface area (Å²) in [4.78, 5) is 10.4. The Hall–Kier alpha value is -1.01. The van der Waals surface area contributed by atoms with Gasteiger partial charge in [0.15, 0.2) is 0 Å². The van der Waals surface area contributed by atoms with E-state index in [1.807, 2.05) is 13.0 Å². The zero-order valence-electron chi connectivity index (χ0n) is 7.77. The summed E-state index contributed by atoms with van der Waals surface area (Å²) in [6.07, 6.45) is 0. The van der Waals surface area contributed by atoms with Gasteiger partial charge in [-0.05, 0) is 6.92 Å². The molecule has 0 saturated carbocycles.